The monoisotopic (exact) mass is 244 g/mol. The van der Waals surface area contributed by atoms with Gasteiger partial charge in [0, 0.05) is 0 Å². The fraction of sp³-hybridized carbons (Fsp3) is 0. The van der Waals surface area contributed by atoms with Gasteiger partial charge < -0.3 is 4.98 Å². The van der Waals surface area contributed by atoms with Crippen LogP contribution in [-0.2, 0) is 10.4 Å². The summed E-state index contributed by atoms with van der Waals surface area (Å²) < 4.78 is 31.6. The van der Waals surface area contributed by atoms with Gasteiger partial charge in [0.15, 0.2) is 0 Å². The number of aromatic amines is 1. The molecule has 1 heterocycles. The topological polar surface area (TPSA) is 120 Å². The van der Waals surface area contributed by atoms with Gasteiger partial charge in [0.05, 0.1) is 17.2 Å². The minimum absolute atomic E-state index is 0.0874. The molecule has 2 rings (SSSR count). The van der Waals surface area contributed by atoms with Crippen LogP contribution in [0.3, 0.4) is 0 Å². The fourth-order valence-corrected chi connectivity index (χ4v) is 1.02. The van der Waals surface area contributed by atoms with Crippen molar-refractivity contribution < 1.29 is 17.5 Å². The number of benzene rings is 1. The second-order valence-electron chi connectivity index (χ2n) is 2.70. The van der Waals surface area contributed by atoms with Crippen LogP contribution < -0.4 is 5.56 Å². The molecule has 0 aliphatic heterocycles. The number of hydrogen-bond acceptors (Lipinski definition) is 4. The Labute approximate surface area is 90.4 Å². The van der Waals surface area contributed by atoms with Gasteiger partial charge in [-0.05, 0) is 12.1 Å². The highest BCUT2D eigenvalue weighted by Gasteiger charge is 1.94. The first-order valence-corrected chi connectivity index (χ1v) is 5.40. The van der Waals surface area contributed by atoms with Crippen molar-refractivity contribution in [3.8, 4) is 0 Å². The van der Waals surface area contributed by atoms with Gasteiger partial charge >= 0.3 is 10.4 Å². The van der Waals surface area contributed by atoms with Crippen LogP contribution in [0.2, 0.25) is 0 Å². The maximum Gasteiger partial charge on any atom is 0.394 e. The summed E-state index contributed by atoms with van der Waals surface area (Å²) >= 11 is 0. The third-order valence-electron chi connectivity index (χ3n) is 1.55. The minimum Gasteiger partial charge on any atom is -0.313 e. The first-order chi connectivity index (χ1) is 7.38. The quantitative estimate of drug-likeness (QED) is 0.572. The minimum atomic E-state index is -4.67. The zero-order valence-electron chi connectivity index (χ0n) is 7.86. The molecule has 0 spiro atoms. The predicted octanol–water partition coefficient (Wildman–Crippen LogP) is 0.270. The SMILES string of the molecule is O=S(=O)(O)O.O=c1[nH]cnc2ccccc12. The smallest absolute Gasteiger partial charge is 0.313 e. The van der Waals surface area contributed by atoms with Crippen molar-refractivity contribution in [2.24, 2.45) is 0 Å². The van der Waals surface area contributed by atoms with E-state index in [0.29, 0.717) is 5.39 Å². The van der Waals surface area contributed by atoms with Crippen LogP contribution in [0.25, 0.3) is 10.9 Å². The summed E-state index contributed by atoms with van der Waals surface area (Å²) in [5.74, 6) is 0. The van der Waals surface area contributed by atoms with Crippen LogP contribution in [0, 0.1) is 0 Å². The molecule has 0 fully saturated rings. The van der Waals surface area contributed by atoms with Gasteiger partial charge in [-0.2, -0.15) is 8.42 Å². The van der Waals surface area contributed by atoms with Crippen LogP contribution in [-0.4, -0.2) is 27.5 Å². The lowest BCUT2D eigenvalue weighted by Crippen LogP contribution is -2.05. The Morgan fingerprint density at radius 2 is 1.75 bits per heavy atom. The molecular formula is C8H8N2O5S. The summed E-state index contributed by atoms with van der Waals surface area (Å²) in [4.78, 5) is 17.6. The molecule has 3 N–H and O–H groups in total. The molecule has 0 saturated heterocycles. The molecule has 0 aliphatic carbocycles. The van der Waals surface area contributed by atoms with Crippen molar-refractivity contribution in [3.05, 3.63) is 40.9 Å². The Morgan fingerprint density at radius 1 is 1.19 bits per heavy atom. The van der Waals surface area contributed by atoms with E-state index in [-0.39, 0.29) is 5.56 Å². The average molecular weight is 244 g/mol. The average Bonchev–Trinajstić information content (AvgIpc) is 2.16. The number of nitrogens with one attached hydrogen (secondary N) is 1. The second-order valence-corrected chi connectivity index (χ2v) is 3.59. The predicted molar refractivity (Wildman–Crippen MR) is 56.5 cm³/mol. The van der Waals surface area contributed by atoms with E-state index in [9.17, 15) is 4.79 Å². The lowest BCUT2D eigenvalue weighted by molar-refractivity contribution is 0.381. The molecule has 1 aromatic carbocycles. The molecule has 2 aromatic rings. The number of aromatic nitrogens is 2. The van der Waals surface area contributed by atoms with Crippen molar-refractivity contribution in [3.63, 3.8) is 0 Å². The number of fused-ring (bicyclic) bond motifs is 1. The summed E-state index contributed by atoms with van der Waals surface area (Å²) in [6.45, 7) is 0. The van der Waals surface area contributed by atoms with Gasteiger partial charge in [-0.3, -0.25) is 13.9 Å². The standard InChI is InChI=1S/C8H6N2O.H2O4S/c11-8-6-3-1-2-4-7(6)9-5-10-8;1-5(2,3)4/h1-5H,(H,9,10,11);(H2,1,2,3,4). The molecule has 0 saturated carbocycles. The van der Waals surface area contributed by atoms with E-state index in [2.05, 4.69) is 9.97 Å². The first kappa shape index (κ1) is 12.3. The van der Waals surface area contributed by atoms with Crippen LogP contribution >= 0.6 is 0 Å². The summed E-state index contributed by atoms with van der Waals surface area (Å²) in [7, 11) is -4.67. The van der Waals surface area contributed by atoms with Crippen molar-refractivity contribution in [2.75, 3.05) is 0 Å². The van der Waals surface area contributed by atoms with E-state index in [4.69, 9.17) is 17.5 Å². The van der Waals surface area contributed by atoms with E-state index in [0.717, 1.165) is 5.52 Å². The highest BCUT2D eigenvalue weighted by Crippen LogP contribution is 2.02. The van der Waals surface area contributed by atoms with Gasteiger partial charge in [-0.1, -0.05) is 12.1 Å². The Morgan fingerprint density at radius 3 is 2.31 bits per heavy atom. The van der Waals surface area contributed by atoms with Crippen molar-refractivity contribution >= 4 is 21.3 Å². The molecule has 0 bridgehead atoms. The van der Waals surface area contributed by atoms with Crippen LogP contribution in [0.15, 0.2) is 35.4 Å². The van der Waals surface area contributed by atoms with Gasteiger partial charge in [-0.15, -0.1) is 0 Å². The highest BCUT2D eigenvalue weighted by molar-refractivity contribution is 7.79. The van der Waals surface area contributed by atoms with Gasteiger partial charge in [0.25, 0.3) is 5.56 Å². The Bertz CT molecular complexity index is 621. The number of hydrogen-bond donors (Lipinski definition) is 3. The summed E-state index contributed by atoms with van der Waals surface area (Å²) in [5, 5.41) is 0.634. The molecule has 86 valence electrons. The third-order valence-corrected chi connectivity index (χ3v) is 1.55. The number of nitrogens with zero attached hydrogens (tertiary/aromatic N) is 1. The maximum atomic E-state index is 11.1. The van der Waals surface area contributed by atoms with Crippen LogP contribution in [0.5, 0.6) is 0 Å². The molecule has 0 atom stereocenters. The molecule has 1 aromatic heterocycles. The van der Waals surface area contributed by atoms with E-state index in [1.54, 1.807) is 6.07 Å². The first-order valence-electron chi connectivity index (χ1n) is 4.00. The molecule has 8 heteroatoms. The molecule has 0 amide bonds. The Balaban J connectivity index is 0.000000221. The molecule has 16 heavy (non-hydrogen) atoms. The summed E-state index contributed by atoms with van der Waals surface area (Å²) in [5.41, 5.74) is 0.645. The van der Waals surface area contributed by atoms with E-state index < -0.39 is 10.4 Å². The van der Waals surface area contributed by atoms with Gasteiger partial charge in [-0.25, -0.2) is 4.98 Å². The van der Waals surface area contributed by atoms with Crippen LogP contribution in [0.4, 0.5) is 0 Å². The molecule has 0 radical (unpaired) electrons. The van der Waals surface area contributed by atoms with E-state index in [1.165, 1.54) is 6.33 Å². The van der Waals surface area contributed by atoms with Crippen LogP contribution in [0.1, 0.15) is 0 Å². The van der Waals surface area contributed by atoms with E-state index >= 15 is 0 Å². The van der Waals surface area contributed by atoms with Crippen molar-refractivity contribution in [1.29, 1.82) is 0 Å². The molecule has 0 unspecified atom stereocenters. The maximum absolute atomic E-state index is 11.1. The lowest BCUT2D eigenvalue weighted by atomic mass is 10.2. The zero-order chi connectivity index (χ0) is 12.2. The normalized spacial score (nSPS) is 10.6. The van der Waals surface area contributed by atoms with Crippen molar-refractivity contribution in [1.82, 2.24) is 9.97 Å². The number of H-pyrrole nitrogens is 1. The number of para-hydroxylation sites is 1. The Kier molecular flexibility index (Phi) is 3.72. The van der Waals surface area contributed by atoms with E-state index in [1.807, 2.05) is 18.2 Å². The fourth-order valence-electron chi connectivity index (χ4n) is 1.02. The summed E-state index contributed by atoms with van der Waals surface area (Å²) in [6.07, 6.45) is 1.41. The second kappa shape index (κ2) is 4.84. The van der Waals surface area contributed by atoms with Gasteiger partial charge in [0.2, 0.25) is 0 Å². The van der Waals surface area contributed by atoms with Crippen molar-refractivity contribution in [2.45, 2.75) is 0 Å². The highest BCUT2D eigenvalue weighted by atomic mass is 32.3. The molecule has 0 aliphatic rings. The largest absolute Gasteiger partial charge is 0.394 e. The number of rotatable bonds is 0. The summed E-state index contributed by atoms with van der Waals surface area (Å²) in [6, 6.07) is 7.24. The third kappa shape index (κ3) is 4.17. The zero-order valence-corrected chi connectivity index (χ0v) is 8.68. The molecular weight excluding hydrogens is 236 g/mol. The Hall–Kier alpha value is -1.77. The molecule has 7 nitrogen and oxygen atoms in total. The van der Waals surface area contributed by atoms with Gasteiger partial charge in [0.1, 0.15) is 0 Å². The lowest BCUT2D eigenvalue weighted by Gasteiger charge is -1.91.